The maximum Gasteiger partial charge on any atom is 0.258 e. The Labute approximate surface area is 204 Å². The predicted octanol–water partition coefficient (Wildman–Crippen LogP) is 4.75. The second-order valence-corrected chi connectivity index (χ2v) is 8.37. The molecule has 1 saturated carbocycles. The summed E-state index contributed by atoms with van der Waals surface area (Å²) in [5, 5.41) is 4.14. The Morgan fingerprint density at radius 1 is 0.914 bits per heavy atom. The van der Waals surface area contributed by atoms with E-state index in [-0.39, 0.29) is 18.5 Å². The summed E-state index contributed by atoms with van der Waals surface area (Å²) in [4.78, 5) is 20.1. The van der Waals surface area contributed by atoms with Crippen LogP contribution in [0.4, 0.5) is 0 Å². The van der Waals surface area contributed by atoms with E-state index in [9.17, 15) is 4.79 Å². The zero-order valence-electron chi connectivity index (χ0n) is 20.6. The number of benzene rings is 2. The first-order chi connectivity index (χ1) is 17.1. The molecule has 0 N–H and O–H groups in total. The lowest BCUT2D eigenvalue weighted by molar-refractivity contribution is 0.0582. The highest BCUT2D eigenvalue weighted by molar-refractivity contribution is 5.97. The molecule has 4 rings (SSSR count). The lowest BCUT2D eigenvalue weighted by Gasteiger charge is -2.33. The van der Waals surface area contributed by atoms with Gasteiger partial charge in [-0.2, -0.15) is 4.98 Å². The molecule has 0 spiro atoms. The van der Waals surface area contributed by atoms with Gasteiger partial charge in [-0.3, -0.25) is 4.79 Å². The fourth-order valence-corrected chi connectivity index (χ4v) is 4.45. The molecule has 0 saturated heterocycles. The number of ether oxygens (including phenoxy) is 4. The summed E-state index contributed by atoms with van der Waals surface area (Å²) in [6.07, 6.45) is 5.19. The van der Waals surface area contributed by atoms with Crippen molar-refractivity contribution in [3.05, 3.63) is 47.9 Å². The lowest BCUT2D eigenvalue weighted by Crippen LogP contribution is -2.41. The molecule has 2 aromatic carbocycles. The maximum atomic E-state index is 13.7. The number of methoxy groups -OCH3 is 4. The van der Waals surface area contributed by atoms with Gasteiger partial charge in [-0.25, -0.2) is 0 Å². The van der Waals surface area contributed by atoms with Crippen molar-refractivity contribution in [2.24, 2.45) is 0 Å². The molecule has 1 aromatic heterocycles. The summed E-state index contributed by atoms with van der Waals surface area (Å²) < 4.78 is 27.0. The van der Waals surface area contributed by atoms with Gasteiger partial charge in [-0.05, 0) is 43.2 Å². The molecule has 0 aliphatic heterocycles. The number of carbonyl (C=O) groups is 1. The van der Waals surface area contributed by atoms with Crippen molar-refractivity contribution >= 4 is 5.91 Å². The zero-order valence-corrected chi connectivity index (χ0v) is 20.6. The van der Waals surface area contributed by atoms with Gasteiger partial charge in [0.25, 0.3) is 5.91 Å². The van der Waals surface area contributed by atoms with Crippen LogP contribution in [0.3, 0.4) is 0 Å². The lowest BCUT2D eigenvalue weighted by atomic mass is 9.93. The molecule has 1 aliphatic rings. The van der Waals surface area contributed by atoms with Crippen molar-refractivity contribution in [1.82, 2.24) is 15.0 Å². The van der Waals surface area contributed by atoms with Crippen molar-refractivity contribution in [3.63, 3.8) is 0 Å². The first-order valence-corrected chi connectivity index (χ1v) is 11.7. The van der Waals surface area contributed by atoms with Crippen LogP contribution < -0.4 is 18.9 Å². The van der Waals surface area contributed by atoms with Gasteiger partial charge in [-0.1, -0.05) is 24.4 Å². The summed E-state index contributed by atoms with van der Waals surface area (Å²) in [5.74, 6) is 2.91. The molecular formula is C26H31N3O6. The smallest absolute Gasteiger partial charge is 0.258 e. The number of hydrogen-bond acceptors (Lipinski definition) is 8. The van der Waals surface area contributed by atoms with E-state index in [0.717, 1.165) is 31.2 Å². The van der Waals surface area contributed by atoms with Crippen molar-refractivity contribution < 1.29 is 28.3 Å². The predicted molar refractivity (Wildman–Crippen MR) is 129 cm³/mol. The minimum Gasteiger partial charge on any atom is -0.497 e. The van der Waals surface area contributed by atoms with Gasteiger partial charge in [-0.15, -0.1) is 0 Å². The summed E-state index contributed by atoms with van der Waals surface area (Å²) in [5.41, 5.74) is 1.20. The second-order valence-electron chi connectivity index (χ2n) is 8.37. The Balaban J connectivity index is 1.62. The van der Waals surface area contributed by atoms with Crippen LogP contribution in [-0.4, -0.2) is 55.4 Å². The number of carbonyl (C=O) groups excluding carboxylic acids is 1. The fourth-order valence-electron chi connectivity index (χ4n) is 4.45. The Hall–Kier alpha value is -3.75. The Bertz CT molecular complexity index is 1160. The number of amides is 1. The molecule has 0 radical (unpaired) electrons. The number of rotatable bonds is 9. The van der Waals surface area contributed by atoms with Crippen molar-refractivity contribution in [2.75, 3.05) is 28.4 Å². The highest BCUT2D eigenvalue weighted by Gasteiger charge is 2.30. The van der Waals surface area contributed by atoms with Gasteiger partial charge in [0, 0.05) is 17.7 Å². The maximum absolute atomic E-state index is 13.7. The van der Waals surface area contributed by atoms with E-state index >= 15 is 0 Å². The molecule has 0 atom stereocenters. The Kier molecular flexibility index (Phi) is 7.74. The third-order valence-electron chi connectivity index (χ3n) is 6.33. The van der Waals surface area contributed by atoms with Crippen LogP contribution in [0.5, 0.6) is 23.0 Å². The van der Waals surface area contributed by atoms with Gasteiger partial charge in [0.2, 0.25) is 11.7 Å². The average molecular weight is 482 g/mol. The SMILES string of the molecule is COc1ccc(C(=O)N(Cc2nc(-c3ccc(OC)c(OC)c3)no2)C2CCCCC2)c(OC)c1. The summed E-state index contributed by atoms with van der Waals surface area (Å²) in [7, 11) is 6.28. The van der Waals surface area contributed by atoms with E-state index in [1.165, 1.54) is 6.42 Å². The summed E-state index contributed by atoms with van der Waals surface area (Å²) in [6.45, 7) is 0.207. The van der Waals surface area contributed by atoms with Crippen molar-refractivity contribution in [2.45, 2.75) is 44.7 Å². The molecule has 9 heteroatoms. The van der Waals surface area contributed by atoms with Crippen LogP contribution in [0, 0.1) is 0 Å². The van der Waals surface area contributed by atoms with E-state index < -0.39 is 0 Å². The summed E-state index contributed by atoms with van der Waals surface area (Å²) >= 11 is 0. The van der Waals surface area contributed by atoms with Crippen molar-refractivity contribution in [1.29, 1.82) is 0 Å². The normalized spacial score (nSPS) is 13.8. The Morgan fingerprint density at radius 2 is 1.66 bits per heavy atom. The average Bonchev–Trinajstić information content (AvgIpc) is 3.39. The van der Waals surface area contributed by atoms with E-state index in [4.69, 9.17) is 23.5 Å². The third kappa shape index (κ3) is 5.34. The number of nitrogens with zero attached hydrogens (tertiary/aromatic N) is 3. The van der Waals surface area contributed by atoms with Gasteiger partial charge in [0.1, 0.15) is 18.0 Å². The van der Waals surface area contributed by atoms with E-state index in [1.54, 1.807) is 58.8 Å². The van der Waals surface area contributed by atoms with Gasteiger partial charge >= 0.3 is 0 Å². The van der Waals surface area contributed by atoms with E-state index in [0.29, 0.717) is 40.3 Å². The molecule has 1 aliphatic carbocycles. The van der Waals surface area contributed by atoms with Gasteiger partial charge in [0.15, 0.2) is 11.5 Å². The second kappa shape index (κ2) is 11.1. The minimum absolute atomic E-state index is 0.0829. The molecule has 0 bridgehead atoms. The summed E-state index contributed by atoms with van der Waals surface area (Å²) in [6, 6.07) is 10.7. The molecule has 1 heterocycles. The third-order valence-corrected chi connectivity index (χ3v) is 6.33. The molecule has 35 heavy (non-hydrogen) atoms. The van der Waals surface area contributed by atoms with Crippen LogP contribution >= 0.6 is 0 Å². The number of aromatic nitrogens is 2. The quantitative estimate of drug-likeness (QED) is 0.432. The number of hydrogen-bond donors (Lipinski definition) is 0. The van der Waals surface area contributed by atoms with E-state index in [2.05, 4.69) is 10.1 Å². The first kappa shape index (κ1) is 24.4. The van der Waals surface area contributed by atoms with Crippen LogP contribution in [0.2, 0.25) is 0 Å². The molecule has 186 valence electrons. The van der Waals surface area contributed by atoms with Crippen LogP contribution in [0.1, 0.15) is 48.4 Å². The van der Waals surface area contributed by atoms with Crippen LogP contribution in [0.15, 0.2) is 40.9 Å². The molecular weight excluding hydrogens is 450 g/mol. The molecule has 9 nitrogen and oxygen atoms in total. The molecule has 3 aromatic rings. The largest absolute Gasteiger partial charge is 0.497 e. The van der Waals surface area contributed by atoms with Crippen LogP contribution in [0.25, 0.3) is 11.4 Å². The minimum atomic E-state index is -0.137. The zero-order chi connectivity index (χ0) is 24.8. The standard InChI is InChI=1S/C26H31N3O6/c1-31-19-11-12-20(22(15-19)33-3)26(30)29(18-8-6-5-7-9-18)16-24-27-25(28-35-24)17-10-13-21(32-2)23(14-17)34-4/h10-15,18H,5-9,16H2,1-4H3. The first-order valence-electron chi connectivity index (χ1n) is 11.7. The molecule has 0 unspecified atom stereocenters. The highest BCUT2D eigenvalue weighted by atomic mass is 16.5. The van der Waals surface area contributed by atoms with Crippen molar-refractivity contribution in [3.8, 4) is 34.4 Å². The van der Waals surface area contributed by atoms with E-state index in [1.807, 2.05) is 11.0 Å². The Morgan fingerprint density at radius 3 is 2.34 bits per heavy atom. The fraction of sp³-hybridized carbons (Fsp3) is 0.423. The van der Waals surface area contributed by atoms with Gasteiger partial charge < -0.3 is 28.4 Å². The monoisotopic (exact) mass is 481 g/mol. The van der Waals surface area contributed by atoms with Crippen LogP contribution in [-0.2, 0) is 6.54 Å². The topological polar surface area (TPSA) is 96.2 Å². The van der Waals surface area contributed by atoms with Gasteiger partial charge in [0.05, 0.1) is 34.0 Å². The molecule has 1 amide bonds. The highest BCUT2D eigenvalue weighted by Crippen LogP contribution is 2.33. The molecule has 1 fully saturated rings.